The highest BCUT2D eigenvalue weighted by atomic mass is 32.1. The summed E-state index contributed by atoms with van der Waals surface area (Å²) < 4.78 is 0. The van der Waals surface area contributed by atoms with Crippen molar-refractivity contribution in [3.05, 3.63) is 11.1 Å². The predicted octanol–water partition coefficient (Wildman–Crippen LogP) is -1.26. The molecule has 0 fully saturated rings. The van der Waals surface area contributed by atoms with Crippen LogP contribution in [0.4, 0.5) is 5.13 Å². The van der Waals surface area contributed by atoms with E-state index in [1.807, 2.05) is 0 Å². The Bertz CT molecular complexity index is 426. The maximum atomic E-state index is 10.6. The molecule has 0 unspecified atom stereocenters. The number of carbonyl (C=O) groups is 2. The summed E-state index contributed by atoms with van der Waals surface area (Å²) in [6.45, 7) is 1.09. The molecule has 1 rings (SSSR count). The summed E-state index contributed by atoms with van der Waals surface area (Å²) in [6, 6.07) is 0. The Morgan fingerprint density at radius 1 is 1.67 bits per heavy atom. The SMILES string of the molecule is CC(=O)O/N=C(\C(=O)[O-])c1csc(N)n1. The number of aliphatic carboxylic acids is 1. The molecule has 1 aromatic rings. The van der Waals surface area contributed by atoms with E-state index in [0.717, 1.165) is 18.3 Å². The van der Waals surface area contributed by atoms with Crippen LogP contribution in [0.2, 0.25) is 0 Å². The second kappa shape index (κ2) is 4.51. The molecule has 0 aromatic carbocycles. The van der Waals surface area contributed by atoms with Crippen molar-refractivity contribution in [1.29, 1.82) is 0 Å². The highest BCUT2D eigenvalue weighted by Crippen LogP contribution is 2.11. The van der Waals surface area contributed by atoms with E-state index in [1.165, 1.54) is 5.38 Å². The Balaban J connectivity index is 2.98. The highest BCUT2D eigenvalue weighted by molar-refractivity contribution is 7.13. The Morgan fingerprint density at radius 3 is 2.73 bits per heavy atom. The van der Waals surface area contributed by atoms with Gasteiger partial charge in [0.1, 0.15) is 5.69 Å². The summed E-state index contributed by atoms with van der Waals surface area (Å²) in [5, 5.41) is 15.3. The zero-order chi connectivity index (χ0) is 11.4. The van der Waals surface area contributed by atoms with E-state index in [2.05, 4.69) is 15.0 Å². The van der Waals surface area contributed by atoms with Gasteiger partial charge in [-0.05, 0) is 0 Å². The van der Waals surface area contributed by atoms with Gasteiger partial charge in [-0.3, -0.25) is 0 Å². The largest absolute Gasteiger partial charge is 0.543 e. The minimum atomic E-state index is -1.60. The minimum absolute atomic E-state index is 0.00116. The lowest BCUT2D eigenvalue weighted by Gasteiger charge is -2.02. The van der Waals surface area contributed by atoms with Crippen LogP contribution in [0.25, 0.3) is 0 Å². The maximum Gasteiger partial charge on any atom is 0.332 e. The van der Waals surface area contributed by atoms with Crippen molar-refractivity contribution in [1.82, 2.24) is 4.98 Å². The van der Waals surface area contributed by atoms with Gasteiger partial charge in [0.2, 0.25) is 0 Å². The molecule has 0 aliphatic rings. The van der Waals surface area contributed by atoms with Crippen LogP contribution in [0.3, 0.4) is 0 Å². The third-order valence-electron chi connectivity index (χ3n) is 1.22. The quantitative estimate of drug-likeness (QED) is 0.392. The number of nitrogens with zero attached hydrogens (tertiary/aromatic N) is 2. The average Bonchev–Trinajstić information content (AvgIpc) is 2.51. The fraction of sp³-hybridized carbons (Fsp3) is 0.143. The molecule has 0 amide bonds. The van der Waals surface area contributed by atoms with Gasteiger partial charge in [0.05, 0.1) is 5.97 Å². The Morgan fingerprint density at radius 2 is 2.33 bits per heavy atom. The van der Waals surface area contributed by atoms with Crippen LogP contribution in [-0.2, 0) is 14.4 Å². The highest BCUT2D eigenvalue weighted by Gasteiger charge is 2.10. The Hall–Kier alpha value is -1.96. The van der Waals surface area contributed by atoms with Gasteiger partial charge < -0.3 is 20.5 Å². The number of nitrogens with two attached hydrogens (primary N) is 1. The van der Waals surface area contributed by atoms with E-state index in [9.17, 15) is 14.7 Å². The molecule has 1 aromatic heterocycles. The molecule has 0 aliphatic heterocycles. The van der Waals surface area contributed by atoms with Crippen LogP contribution in [0.1, 0.15) is 12.6 Å². The summed E-state index contributed by atoms with van der Waals surface area (Å²) >= 11 is 1.04. The first-order valence-electron chi connectivity index (χ1n) is 3.69. The van der Waals surface area contributed by atoms with E-state index >= 15 is 0 Å². The molecule has 8 heteroatoms. The molecular formula is C7H6N3O4S-. The van der Waals surface area contributed by atoms with E-state index in [-0.39, 0.29) is 10.8 Å². The molecule has 0 spiro atoms. The van der Waals surface area contributed by atoms with Crippen molar-refractivity contribution in [2.75, 3.05) is 5.73 Å². The van der Waals surface area contributed by atoms with Crippen molar-refractivity contribution in [3.63, 3.8) is 0 Å². The second-order valence-electron chi connectivity index (χ2n) is 2.38. The molecule has 1 heterocycles. The van der Waals surface area contributed by atoms with Gasteiger partial charge in [0.25, 0.3) is 0 Å². The lowest BCUT2D eigenvalue weighted by Crippen LogP contribution is -2.33. The van der Waals surface area contributed by atoms with Crippen LogP contribution < -0.4 is 10.8 Å². The molecule has 80 valence electrons. The summed E-state index contributed by atoms with van der Waals surface area (Å²) in [4.78, 5) is 28.9. The van der Waals surface area contributed by atoms with Crippen molar-refractivity contribution < 1.29 is 19.5 Å². The van der Waals surface area contributed by atoms with E-state index in [1.54, 1.807) is 0 Å². The molecule has 0 bridgehead atoms. The smallest absolute Gasteiger partial charge is 0.332 e. The number of hydrogen-bond donors (Lipinski definition) is 1. The number of hydrogen-bond acceptors (Lipinski definition) is 8. The van der Waals surface area contributed by atoms with Gasteiger partial charge in [-0.25, -0.2) is 9.78 Å². The maximum absolute atomic E-state index is 10.6. The number of nitrogen functional groups attached to an aromatic ring is 1. The number of thiazole rings is 1. The second-order valence-corrected chi connectivity index (χ2v) is 3.27. The fourth-order valence-electron chi connectivity index (χ4n) is 0.695. The number of rotatable bonds is 3. The van der Waals surface area contributed by atoms with Crippen molar-refractivity contribution >= 4 is 34.1 Å². The van der Waals surface area contributed by atoms with Gasteiger partial charge in [-0.2, -0.15) is 0 Å². The molecule has 0 atom stereocenters. The number of carboxylic acid groups (broad SMARTS) is 1. The fourth-order valence-corrected chi connectivity index (χ4v) is 1.24. The summed E-state index contributed by atoms with van der Waals surface area (Å²) in [6.07, 6.45) is 0. The van der Waals surface area contributed by atoms with Gasteiger partial charge in [-0.15, -0.1) is 11.3 Å². The Labute approximate surface area is 88.2 Å². The van der Waals surface area contributed by atoms with Crippen molar-refractivity contribution in [3.8, 4) is 0 Å². The van der Waals surface area contributed by atoms with E-state index < -0.39 is 17.7 Å². The molecule has 2 N–H and O–H groups in total. The number of carboxylic acids is 1. The molecular weight excluding hydrogens is 222 g/mol. The topological polar surface area (TPSA) is 118 Å². The van der Waals surface area contributed by atoms with Crippen LogP contribution in [0.5, 0.6) is 0 Å². The first kappa shape index (κ1) is 11.1. The molecule has 0 saturated carbocycles. The molecule has 15 heavy (non-hydrogen) atoms. The lowest BCUT2D eigenvalue weighted by atomic mass is 10.3. The number of aromatic nitrogens is 1. The van der Waals surface area contributed by atoms with Crippen molar-refractivity contribution in [2.24, 2.45) is 5.16 Å². The third kappa shape index (κ3) is 3.02. The average molecular weight is 228 g/mol. The van der Waals surface area contributed by atoms with Gasteiger partial charge in [0.15, 0.2) is 10.8 Å². The summed E-state index contributed by atoms with van der Waals surface area (Å²) in [5.74, 6) is -2.33. The lowest BCUT2D eigenvalue weighted by molar-refractivity contribution is -0.294. The number of anilines is 1. The van der Waals surface area contributed by atoms with Gasteiger partial charge >= 0.3 is 5.97 Å². The van der Waals surface area contributed by atoms with Crippen LogP contribution in [0.15, 0.2) is 10.5 Å². The monoisotopic (exact) mass is 228 g/mol. The summed E-state index contributed by atoms with van der Waals surface area (Å²) in [7, 11) is 0. The molecule has 7 nitrogen and oxygen atoms in total. The molecule has 0 radical (unpaired) electrons. The third-order valence-corrected chi connectivity index (χ3v) is 1.90. The molecule has 0 aliphatic carbocycles. The predicted molar refractivity (Wildman–Crippen MR) is 49.8 cm³/mol. The summed E-state index contributed by atoms with van der Waals surface area (Å²) in [5.41, 5.74) is 4.73. The molecule has 0 saturated heterocycles. The van der Waals surface area contributed by atoms with Gasteiger partial charge in [-0.1, -0.05) is 5.16 Å². The van der Waals surface area contributed by atoms with E-state index in [4.69, 9.17) is 5.73 Å². The van der Waals surface area contributed by atoms with Crippen LogP contribution in [0, 0.1) is 0 Å². The number of carbonyl (C=O) groups excluding carboxylic acids is 2. The minimum Gasteiger partial charge on any atom is -0.543 e. The van der Waals surface area contributed by atoms with Crippen molar-refractivity contribution in [2.45, 2.75) is 6.92 Å². The zero-order valence-electron chi connectivity index (χ0n) is 7.59. The number of oxime groups is 1. The zero-order valence-corrected chi connectivity index (χ0v) is 8.41. The normalized spacial score (nSPS) is 11.1. The van der Waals surface area contributed by atoms with Gasteiger partial charge in [0, 0.05) is 12.3 Å². The van der Waals surface area contributed by atoms with E-state index in [0.29, 0.717) is 0 Å². The van der Waals surface area contributed by atoms with Crippen LogP contribution in [-0.4, -0.2) is 22.6 Å². The first-order valence-corrected chi connectivity index (χ1v) is 4.57. The first-order chi connectivity index (χ1) is 7.00. The standard InChI is InChI=1S/C7H7N3O4S/c1-3(11)14-10-5(6(12)13)4-2-15-7(8)9-4/h2H,1H3,(H2,8,9)(H,12,13)/p-1/b10-5-. The Kier molecular flexibility index (Phi) is 3.34. The van der Waals surface area contributed by atoms with Crippen LogP contribution >= 0.6 is 11.3 Å².